The number of anilines is 1. The van der Waals surface area contributed by atoms with Gasteiger partial charge in [-0.15, -0.1) is 0 Å². The van der Waals surface area contributed by atoms with Crippen molar-refractivity contribution >= 4 is 21.7 Å². The number of hydrogen-bond donors (Lipinski definition) is 3. The van der Waals surface area contributed by atoms with Crippen molar-refractivity contribution in [2.24, 2.45) is 0 Å². The summed E-state index contributed by atoms with van der Waals surface area (Å²) in [5.41, 5.74) is 1.42. The minimum Gasteiger partial charge on any atom is -0.478 e. The standard InChI is InChI=1S/C18H20N2O4S/c21-18(22)14-6-9-16(20-15-7-8-15)17(12-14)25(23,24)19-11-10-13-4-2-1-3-5-13/h1-6,9,12,15,19-20H,7-8,10-11H2,(H,21,22). The van der Waals surface area contributed by atoms with E-state index in [1.807, 2.05) is 30.3 Å². The first-order valence-corrected chi connectivity index (χ1v) is 9.61. The molecule has 3 rings (SSSR count). The first-order chi connectivity index (χ1) is 12.0. The fourth-order valence-corrected chi connectivity index (χ4v) is 3.72. The summed E-state index contributed by atoms with van der Waals surface area (Å²) in [4.78, 5) is 11.2. The summed E-state index contributed by atoms with van der Waals surface area (Å²) < 4.78 is 27.9. The summed E-state index contributed by atoms with van der Waals surface area (Å²) in [6.45, 7) is 0.243. The van der Waals surface area contributed by atoms with Crippen molar-refractivity contribution in [3.05, 3.63) is 59.7 Å². The molecule has 132 valence electrons. The van der Waals surface area contributed by atoms with Gasteiger partial charge >= 0.3 is 5.97 Å². The molecular weight excluding hydrogens is 340 g/mol. The molecule has 0 saturated heterocycles. The summed E-state index contributed by atoms with van der Waals surface area (Å²) in [5, 5.41) is 12.3. The minimum absolute atomic E-state index is 0.0210. The number of aromatic carboxylic acids is 1. The maximum absolute atomic E-state index is 12.7. The first kappa shape index (κ1) is 17.4. The topological polar surface area (TPSA) is 95.5 Å². The lowest BCUT2D eigenvalue weighted by molar-refractivity contribution is 0.0696. The van der Waals surface area contributed by atoms with E-state index in [1.54, 1.807) is 0 Å². The molecule has 0 spiro atoms. The summed E-state index contributed by atoms with van der Waals surface area (Å²) in [6.07, 6.45) is 2.54. The molecule has 0 atom stereocenters. The molecule has 0 aromatic heterocycles. The third kappa shape index (κ3) is 4.58. The van der Waals surface area contributed by atoms with Crippen molar-refractivity contribution in [2.45, 2.75) is 30.2 Å². The monoisotopic (exact) mass is 360 g/mol. The lowest BCUT2D eigenvalue weighted by Crippen LogP contribution is -2.27. The van der Waals surface area contributed by atoms with Gasteiger partial charge in [0.15, 0.2) is 0 Å². The number of benzene rings is 2. The molecule has 1 saturated carbocycles. The zero-order valence-electron chi connectivity index (χ0n) is 13.6. The fourth-order valence-electron chi connectivity index (χ4n) is 2.50. The number of sulfonamides is 1. The second kappa shape index (κ2) is 7.25. The van der Waals surface area contributed by atoms with Crippen LogP contribution in [0, 0.1) is 0 Å². The molecule has 1 aliphatic rings. The molecular formula is C18H20N2O4S. The van der Waals surface area contributed by atoms with Gasteiger partial charge in [-0.3, -0.25) is 0 Å². The Kier molecular flexibility index (Phi) is 5.06. The van der Waals surface area contributed by atoms with Gasteiger partial charge in [0.25, 0.3) is 0 Å². The Bertz CT molecular complexity index is 862. The highest BCUT2D eigenvalue weighted by Gasteiger charge is 2.26. The van der Waals surface area contributed by atoms with Crippen molar-refractivity contribution in [1.29, 1.82) is 0 Å². The normalized spacial score (nSPS) is 14.2. The van der Waals surface area contributed by atoms with E-state index in [4.69, 9.17) is 5.11 Å². The maximum Gasteiger partial charge on any atom is 0.335 e. The van der Waals surface area contributed by atoms with Gasteiger partial charge in [0, 0.05) is 12.6 Å². The molecule has 0 unspecified atom stereocenters. The zero-order valence-corrected chi connectivity index (χ0v) is 14.4. The smallest absolute Gasteiger partial charge is 0.335 e. The molecule has 7 heteroatoms. The highest BCUT2D eigenvalue weighted by atomic mass is 32.2. The zero-order chi connectivity index (χ0) is 17.9. The minimum atomic E-state index is -3.81. The van der Waals surface area contributed by atoms with Crippen LogP contribution in [0.15, 0.2) is 53.4 Å². The van der Waals surface area contributed by atoms with Crippen LogP contribution in [0.3, 0.4) is 0 Å². The van der Waals surface area contributed by atoms with Gasteiger partial charge in [-0.25, -0.2) is 17.9 Å². The highest BCUT2D eigenvalue weighted by Crippen LogP contribution is 2.29. The van der Waals surface area contributed by atoms with E-state index in [0.717, 1.165) is 18.4 Å². The Morgan fingerprint density at radius 1 is 1.12 bits per heavy atom. The van der Waals surface area contributed by atoms with Crippen LogP contribution in [-0.4, -0.2) is 32.1 Å². The molecule has 0 amide bonds. The van der Waals surface area contributed by atoms with Gasteiger partial charge in [0.05, 0.1) is 11.3 Å². The van der Waals surface area contributed by atoms with Gasteiger partial charge in [-0.1, -0.05) is 30.3 Å². The van der Waals surface area contributed by atoms with E-state index in [1.165, 1.54) is 18.2 Å². The molecule has 0 bridgehead atoms. The van der Waals surface area contributed by atoms with E-state index < -0.39 is 16.0 Å². The van der Waals surface area contributed by atoms with Crippen LogP contribution >= 0.6 is 0 Å². The molecule has 1 aliphatic carbocycles. The SMILES string of the molecule is O=C(O)c1ccc(NC2CC2)c(S(=O)(=O)NCCc2ccccc2)c1. The van der Waals surface area contributed by atoms with E-state index in [0.29, 0.717) is 12.1 Å². The molecule has 2 aromatic carbocycles. The number of nitrogens with one attached hydrogen (secondary N) is 2. The molecule has 25 heavy (non-hydrogen) atoms. The highest BCUT2D eigenvalue weighted by molar-refractivity contribution is 7.89. The Morgan fingerprint density at radius 3 is 2.48 bits per heavy atom. The predicted octanol–water partition coefficient (Wildman–Crippen LogP) is 2.48. The fraction of sp³-hybridized carbons (Fsp3) is 0.278. The lowest BCUT2D eigenvalue weighted by atomic mass is 10.2. The molecule has 1 fully saturated rings. The first-order valence-electron chi connectivity index (χ1n) is 8.13. The van der Waals surface area contributed by atoms with Gasteiger partial charge in [-0.05, 0) is 43.0 Å². The summed E-state index contributed by atoms with van der Waals surface area (Å²) in [6, 6.07) is 14.0. The average molecular weight is 360 g/mol. The van der Waals surface area contributed by atoms with Gasteiger partial charge in [-0.2, -0.15) is 0 Å². The predicted molar refractivity (Wildman–Crippen MR) is 95.4 cm³/mol. The molecule has 0 radical (unpaired) electrons. The van der Waals surface area contributed by atoms with E-state index in [9.17, 15) is 13.2 Å². The van der Waals surface area contributed by atoms with Crippen molar-refractivity contribution in [3.63, 3.8) is 0 Å². The van der Waals surface area contributed by atoms with Crippen LogP contribution in [0.2, 0.25) is 0 Å². The van der Waals surface area contributed by atoms with Gasteiger partial charge in [0.2, 0.25) is 10.0 Å². The van der Waals surface area contributed by atoms with E-state index in [2.05, 4.69) is 10.0 Å². The number of hydrogen-bond acceptors (Lipinski definition) is 4. The molecule has 0 aliphatic heterocycles. The second-order valence-corrected chi connectivity index (χ2v) is 7.80. The van der Waals surface area contributed by atoms with Crippen LogP contribution in [0.5, 0.6) is 0 Å². The van der Waals surface area contributed by atoms with Crippen LogP contribution in [0.4, 0.5) is 5.69 Å². The van der Waals surface area contributed by atoms with Crippen LogP contribution in [0.1, 0.15) is 28.8 Å². The maximum atomic E-state index is 12.7. The molecule has 6 nitrogen and oxygen atoms in total. The number of carbonyl (C=O) groups is 1. The average Bonchev–Trinajstić information content (AvgIpc) is 3.40. The second-order valence-electron chi connectivity index (χ2n) is 6.07. The Morgan fingerprint density at radius 2 is 1.84 bits per heavy atom. The molecule has 2 aromatic rings. The van der Waals surface area contributed by atoms with E-state index >= 15 is 0 Å². The summed E-state index contributed by atoms with van der Waals surface area (Å²) in [7, 11) is -3.81. The summed E-state index contributed by atoms with van der Waals surface area (Å²) >= 11 is 0. The largest absolute Gasteiger partial charge is 0.478 e. The van der Waals surface area contributed by atoms with Gasteiger partial charge < -0.3 is 10.4 Å². The van der Waals surface area contributed by atoms with Crippen LogP contribution in [0.25, 0.3) is 0 Å². The third-order valence-electron chi connectivity index (χ3n) is 4.00. The Labute approximate surface area is 146 Å². The van der Waals surface area contributed by atoms with Crippen molar-refractivity contribution in [2.75, 3.05) is 11.9 Å². The van der Waals surface area contributed by atoms with Crippen molar-refractivity contribution in [3.8, 4) is 0 Å². The Balaban J connectivity index is 1.78. The van der Waals surface area contributed by atoms with Crippen molar-refractivity contribution < 1.29 is 18.3 Å². The van der Waals surface area contributed by atoms with Crippen LogP contribution < -0.4 is 10.0 Å². The van der Waals surface area contributed by atoms with Crippen molar-refractivity contribution in [1.82, 2.24) is 4.72 Å². The summed E-state index contributed by atoms with van der Waals surface area (Å²) in [5.74, 6) is -1.15. The quantitative estimate of drug-likeness (QED) is 0.672. The number of carboxylic acids is 1. The number of rotatable bonds is 8. The molecule has 3 N–H and O–H groups in total. The van der Waals surface area contributed by atoms with E-state index in [-0.39, 0.29) is 23.0 Å². The number of carboxylic acid groups (broad SMARTS) is 1. The van der Waals surface area contributed by atoms with Gasteiger partial charge in [0.1, 0.15) is 4.90 Å². The lowest BCUT2D eigenvalue weighted by Gasteiger charge is -2.14. The van der Waals surface area contributed by atoms with Crippen LogP contribution in [-0.2, 0) is 16.4 Å². The Hall–Kier alpha value is -2.38. The molecule has 0 heterocycles. The third-order valence-corrected chi connectivity index (χ3v) is 5.50.